The fourth-order valence-corrected chi connectivity index (χ4v) is 2.29. The van der Waals surface area contributed by atoms with Crippen LogP contribution in [0.3, 0.4) is 0 Å². The molecule has 0 heterocycles. The van der Waals surface area contributed by atoms with Crippen molar-refractivity contribution in [2.45, 2.75) is 38.2 Å². The maximum Gasteiger partial charge on any atom is 0.120 e. The van der Waals surface area contributed by atoms with E-state index in [1.807, 2.05) is 24.3 Å². The maximum atomic E-state index is 5.87. The molecule has 1 aromatic rings. The number of benzene rings is 1. The third-order valence-corrected chi connectivity index (χ3v) is 3.24. The second-order valence-corrected chi connectivity index (χ2v) is 4.87. The Kier molecular flexibility index (Phi) is 5.14. The van der Waals surface area contributed by atoms with E-state index >= 15 is 0 Å². The summed E-state index contributed by atoms with van der Waals surface area (Å²) >= 11 is 5.87. The average Bonchev–Trinajstić information content (AvgIpc) is 2.82. The summed E-state index contributed by atoms with van der Waals surface area (Å²) in [7, 11) is 0. The Balaban J connectivity index is 1.56. The molecule has 0 aromatic heterocycles. The molecule has 2 nitrogen and oxygen atoms in total. The molecule has 0 amide bonds. The third-order valence-electron chi connectivity index (χ3n) is 3.01. The fourth-order valence-electron chi connectivity index (χ4n) is 2.11. The zero-order valence-electron chi connectivity index (χ0n) is 10.0. The van der Waals surface area contributed by atoms with Crippen LogP contribution in [0.2, 0.25) is 5.02 Å². The topological polar surface area (TPSA) is 18.5 Å². The molecule has 1 fully saturated rings. The Bertz CT molecular complexity index is 335. The van der Waals surface area contributed by atoms with Gasteiger partial charge in [-0.1, -0.05) is 30.5 Å². The molecule has 1 aromatic carbocycles. The van der Waals surface area contributed by atoms with Gasteiger partial charge in [0.05, 0.1) is 19.3 Å². The van der Waals surface area contributed by atoms with Crippen LogP contribution in [0, 0.1) is 0 Å². The minimum Gasteiger partial charge on any atom is -0.493 e. The summed E-state index contributed by atoms with van der Waals surface area (Å²) in [6, 6.07) is 7.49. The smallest absolute Gasteiger partial charge is 0.120 e. The van der Waals surface area contributed by atoms with Gasteiger partial charge in [-0.25, -0.2) is 0 Å². The van der Waals surface area contributed by atoms with E-state index in [4.69, 9.17) is 21.1 Å². The largest absolute Gasteiger partial charge is 0.493 e. The molecule has 0 radical (unpaired) electrons. The highest BCUT2D eigenvalue weighted by atomic mass is 35.5. The van der Waals surface area contributed by atoms with E-state index in [-0.39, 0.29) is 0 Å². The summed E-state index contributed by atoms with van der Waals surface area (Å²) in [5.74, 6) is 0.832. The van der Waals surface area contributed by atoms with Gasteiger partial charge in [0.1, 0.15) is 5.75 Å². The van der Waals surface area contributed by atoms with Gasteiger partial charge in [0, 0.05) is 11.4 Å². The molecule has 0 aliphatic heterocycles. The molecule has 3 heteroatoms. The number of halogens is 1. The van der Waals surface area contributed by atoms with Gasteiger partial charge in [-0.15, -0.1) is 0 Å². The Morgan fingerprint density at radius 1 is 1.18 bits per heavy atom. The van der Waals surface area contributed by atoms with Crippen LogP contribution >= 0.6 is 11.6 Å². The van der Waals surface area contributed by atoms with Crippen LogP contribution in [0.5, 0.6) is 5.75 Å². The summed E-state index contributed by atoms with van der Waals surface area (Å²) in [5.41, 5.74) is 0. The highest BCUT2D eigenvalue weighted by Crippen LogP contribution is 2.21. The first kappa shape index (κ1) is 12.7. The van der Waals surface area contributed by atoms with Gasteiger partial charge in [-0.3, -0.25) is 0 Å². The summed E-state index contributed by atoms with van der Waals surface area (Å²) in [6.07, 6.45) is 6.54. The quantitative estimate of drug-likeness (QED) is 0.713. The van der Waals surface area contributed by atoms with Crippen molar-refractivity contribution >= 4 is 11.6 Å². The molecular weight excluding hydrogens is 236 g/mol. The van der Waals surface area contributed by atoms with Crippen molar-refractivity contribution in [2.75, 3.05) is 13.2 Å². The van der Waals surface area contributed by atoms with E-state index in [9.17, 15) is 0 Å². The Hall–Kier alpha value is -0.730. The molecule has 0 saturated heterocycles. The second kappa shape index (κ2) is 6.87. The Morgan fingerprint density at radius 3 is 2.76 bits per heavy atom. The zero-order chi connectivity index (χ0) is 11.9. The Labute approximate surface area is 108 Å². The molecule has 2 rings (SSSR count). The van der Waals surface area contributed by atoms with Gasteiger partial charge in [0.25, 0.3) is 0 Å². The van der Waals surface area contributed by atoms with Gasteiger partial charge in [-0.05, 0) is 31.0 Å². The lowest BCUT2D eigenvalue weighted by Gasteiger charge is -2.11. The van der Waals surface area contributed by atoms with Crippen molar-refractivity contribution in [3.05, 3.63) is 29.3 Å². The van der Waals surface area contributed by atoms with E-state index in [2.05, 4.69) is 0 Å². The van der Waals surface area contributed by atoms with Crippen molar-refractivity contribution in [1.82, 2.24) is 0 Å². The molecule has 0 unspecified atom stereocenters. The Morgan fingerprint density at radius 2 is 2.00 bits per heavy atom. The van der Waals surface area contributed by atoms with Gasteiger partial charge >= 0.3 is 0 Å². The van der Waals surface area contributed by atoms with E-state index in [1.165, 1.54) is 25.7 Å². The van der Waals surface area contributed by atoms with Crippen LogP contribution in [0.4, 0.5) is 0 Å². The van der Waals surface area contributed by atoms with E-state index in [1.54, 1.807) is 0 Å². The first-order chi connectivity index (χ1) is 8.34. The highest BCUT2D eigenvalue weighted by Gasteiger charge is 2.14. The number of rotatable bonds is 6. The normalized spacial score (nSPS) is 16.3. The van der Waals surface area contributed by atoms with E-state index in [0.717, 1.165) is 18.8 Å². The minimum atomic E-state index is 0.501. The second-order valence-electron chi connectivity index (χ2n) is 4.44. The molecule has 0 bridgehead atoms. The van der Waals surface area contributed by atoms with E-state index in [0.29, 0.717) is 17.7 Å². The summed E-state index contributed by atoms with van der Waals surface area (Å²) in [5, 5.41) is 0.713. The molecule has 0 spiro atoms. The lowest BCUT2D eigenvalue weighted by atomic mass is 10.3. The minimum absolute atomic E-state index is 0.501. The van der Waals surface area contributed by atoms with Crippen LogP contribution in [-0.2, 0) is 4.74 Å². The first-order valence-electron chi connectivity index (χ1n) is 6.34. The number of hydrogen-bond acceptors (Lipinski definition) is 2. The maximum absolute atomic E-state index is 5.87. The van der Waals surface area contributed by atoms with Crippen LogP contribution in [-0.4, -0.2) is 19.3 Å². The molecule has 1 aliphatic carbocycles. The fraction of sp³-hybridized carbons (Fsp3) is 0.571. The summed E-state index contributed by atoms with van der Waals surface area (Å²) in [6.45, 7) is 1.48. The van der Waals surface area contributed by atoms with Gasteiger partial charge in [0.15, 0.2) is 0 Å². The highest BCUT2D eigenvalue weighted by molar-refractivity contribution is 6.30. The SMILES string of the molecule is Clc1cccc(OCCCOC2CCCC2)c1. The van der Waals surface area contributed by atoms with Crippen molar-refractivity contribution in [3.8, 4) is 5.75 Å². The molecule has 94 valence electrons. The van der Waals surface area contributed by atoms with E-state index < -0.39 is 0 Å². The molecule has 1 aliphatic rings. The van der Waals surface area contributed by atoms with Gasteiger partial charge in [0.2, 0.25) is 0 Å². The average molecular weight is 255 g/mol. The monoisotopic (exact) mass is 254 g/mol. The lowest BCUT2D eigenvalue weighted by molar-refractivity contribution is 0.0505. The molecule has 1 saturated carbocycles. The first-order valence-corrected chi connectivity index (χ1v) is 6.72. The van der Waals surface area contributed by atoms with Gasteiger partial charge < -0.3 is 9.47 Å². The van der Waals surface area contributed by atoms with Gasteiger partial charge in [-0.2, -0.15) is 0 Å². The predicted molar refractivity (Wildman–Crippen MR) is 69.8 cm³/mol. The predicted octanol–water partition coefficient (Wildman–Crippen LogP) is 4.07. The number of hydrogen-bond donors (Lipinski definition) is 0. The zero-order valence-corrected chi connectivity index (χ0v) is 10.8. The van der Waals surface area contributed by atoms with Crippen LogP contribution in [0.25, 0.3) is 0 Å². The number of ether oxygens (including phenoxy) is 2. The standard InChI is InChI=1S/C14H19ClO2/c15-12-5-3-8-14(11-12)17-10-4-9-16-13-6-1-2-7-13/h3,5,8,11,13H,1-2,4,6-7,9-10H2. The summed E-state index contributed by atoms with van der Waals surface area (Å²) in [4.78, 5) is 0. The molecular formula is C14H19ClO2. The van der Waals surface area contributed by atoms with Crippen LogP contribution in [0.1, 0.15) is 32.1 Å². The lowest BCUT2D eigenvalue weighted by Crippen LogP contribution is -2.10. The van der Waals surface area contributed by atoms with Crippen molar-refractivity contribution in [3.63, 3.8) is 0 Å². The molecule has 17 heavy (non-hydrogen) atoms. The molecule has 0 N–H and O–H groups in total. The van der Waals surface area contributed by atoms with Crippen molar-refractivity contribution in [2.24, 2.45) is 0 Å². The van der Waals surface area contributed by atoms with Crippen LogP contribution in [0.15, 0.2) is 24.3 Å². The summed E-state index contributed by atoms with van der Waals surface area (Å²) < 4.78 is 11.3. The van der Waals surface area contributed by atoms with Crippen molar-refractivity contribution < 1.29 is 9.47 Å². The molecule has 0 atom stereocenters. The van der Waals surface area contributed by atoms with Crippen molar-refractivity contribution in [1.29, 1.82) is 0 Å². The third kappa shape index (κ3) is 4.57. The van der Waals surface area contributed by atoms with Crippen LogP contribution < -0.4 is 4.74 Å².